The van der Waals surface area contributed by atoms with Gasteiger partial charge in [-0.2, -0.15) is 0 Å². The standard InChI is InChI=1S/C19H23N3O3S/c23-19(11-10-15-12-13-20-14-15)21-17-8-4-5-9-18(17)22-26(24,25)16-6-2-1-3-7-16/h1-9,15,20,22H,10-14H2,(H,21,23). The monoisotopic (exact) mass is 373 g/mol. The molecule has 2 aromatic carbocycles. The highest BCUT2D eigenvalue weighted by atomic mass is 32.2. The minimum atomic E-state index is -3.71. The summed E-state index contributed by atoms with van der Waals surface area (Å²) in [6.07, 6.45) is 2.35. The number of amides is 1. The van der Waals surface area contributed by atoms with Crippen molar-refractivity contribution in [3.05, 3.63) is 54.6 Å². The lowest BCUT2D eigenvalue weighted by molar-refractivity contribution is -0.116. The van der Waals surface area contributed by atoms with Crippen molar-refractivity contribution in [3.63, 3.8) is 0 Å². The molecule has 0 aromatic heterocycles. The van der Waals surface area contributed by atoms with Gasteiger partial charge >= 0.3 is 0 Å². The molecule has 1 fully saturated rings. The third kappa shape index (κ3) is 4.83. The number of sulfonamides is 1. The van der Waals surface area contributed by atoms with E-state index in [0.717, 1.165) is 25.9 Å². The molecular weight excluding hydrogens is 350 g/mol. The Morgan fingerprint density at radius 3 is 2.42 bits per heavy atom. The fraction of sp³-hybridized carbons (Fsp3) is 0.316. The largest absolute Gasteiger partial charge is 0.324 e. The third-order valence-electron chi connectivity index (χ3n) is 4.44. The molecule has 1 unspecified atom stereocenters. The number of hydrogen-bond acceptors (Lipinski definition) is 4. The number of hydrogen-bond donors (Lipinski definition) is 3. The number of benzene rings is 2. The minimum absolute atomic E-state index is 0.108. The van der Waals surface area contributed by atoms with E-state index >= 15 is 0 Å². The van der Waals surface area contributed by atoms with E-state index in [2.05, 4.69) is 15.4 Å². The highest BCUT2D eigenvalue weighted by Crippen LogP contribution is 2.25. The Morgan fingerprint density at radius 2 is 1.73 bits per heavy atom. The first-order valence-corrected chi connectivity index (χ1v) is 10.2. The topological polar surface area (TPSA) is 87.3 Å². The second kappa shape index (κ2) is 8.33. The van der Waals surface area contributed by atoms with Gasteiger partial charge in [-0.15, -0.1) is 0 Å². The zero-order valence-electron chi connectivity index (χ0n) is 14.4. The number of carbonyl (C=O) groups excluding carboxylic acids is 1. The SMILES string of the molecule is O=C(CCC1CCNC1)Nc1ccccc1NS(=O)(=O)c1ccccc1. The molecule has 1 amide bonds. The lowest BCUT2D eigenvalue weighted by Crippen LogP contribution is -2.18. The molecule has 2 aromatic rings. The predicted molar refractivity (Wildman–Crippen MR) is 103 cm³/mol. The van der Waals surface area contributed by atoms with Gasteiger partial charge in [0, 0.05) is 6.42 Å². The zero-order chi connectivity index (χ0) is 18.4. The summed E-state index contributed by atoms with van der Waals surface area (Å²) in [4.78, 5) is 12.4. The van der Waals surface area contributed by atoms with Gasteiger partial charge in [0.2, 0.25) is 5.91 Å². The van der Waals surface area contributed by atoms with Crippen LogP contribution in [0.5, 0.6) is 0 Å². The van der Waals surface area contributed by atoms with E-state index in [9.17, 15) is 13.2 Å². The highest BCUT2D eigenvalue weighted by molar-refractivity contribution is 7.92. The van der Waals surface area contributed by atoms with Crippen LogP contribution >= 0.6 is 0 Å². The summed E-state index contributed by atoms with van der Waals surface area (Å²) in [5, 5.41) is 6.11. The van der Waals surface area contributed by atoms with Gasteiger partial charge in [-0.1, -0.05) is 30.3 Å². The summed E-state index contributed by atoms with van der Waals surface area (Å²) in [6.45, 7) is 1.97. The van der Waals surface area contributed by atoms with Crippen molar-refractivity contribution < 1.29 is 13.2 Å². The van der Waals surface area contributed by atoms with Crippen LogP contribution in [-0.2, 0) is 14.8 Å². The molecule has 0 bridgehead atoms. The highest BCUT2D eigenvalue weighted by Gasteiger charge is 2.18. The van der Waals surface area contributed by atoms with Crippen LogP contribution in [0.25, 0.3) is 0 Å². The first-order chi connectivity index (χ1) is 12.5. The molecule has 3 rings (SSSR count). The van der Waals surface area contributed by atoms with Gasteiger partial charge in [0.25, 0.3) is 10.0 Å². The Balaban J connectivity index is 1.67. The summed E-state index contributed by atoms with van der Waals surface area (Å²) in [5.74, 6) is 0.427. The van der Waals surface area contributed by atoms with Crippen LogP contribution in [0.1, 0.15) is 19.3 Å². The summed E-state index contributed by atoms with van der Waals surface area (Å²) >= 11 is 0. The number of carbonyl (C=O) groups is 1. The number of rotatable bonds is 7. The van der Waals surface area contributed by atoms with Crippen molar-refractivity contribution in [1.82, 2.24) is 5.32 Å². The molecule has 6 nitrogen and oxygen atoms in total. The maximum absolute atomic E-state index is 12.5. The lowest BCUT2D eigenvalue weighted by atomic mass is 10.0. The Kier molecular flexibility index (Phi) is 5.90. The molecule has 1 atom stereocenters. The van der Waals surface area contributed by atoms with E-state index in [0.29, 0.717) is 23.7 Å². The van der Waals surface area contributed by atoms with Crippen LogP contribution in [-0.4, -0.2) is 27.4 Å². The molecule has 1 saturated heterocycles. The van der Waals surface area contributed by atoms with Crippen LogP contribution in [0.4, 0.5) is 11.4 Å². The van der Waals surface area contributed by atoms with Crippen LogP contribution in [0.3, 0.4) is 0 Å². The second-order valence-electron chi connectivity index (χ2n) is 6.41. The summed E-state index contributed by atoms with van der Waals surface area (Å²) < 4.78 is 27.6. The zero-order valence-corrected chi connectivity index (χ0v) is 15.3. The molecule has 26 heavy (non-hydrogen) atoms. The average Bonchev–Trinajstić information content (AvgIpc) is 3.16. The first kappa shape index (κ1) is 18.4. The van der Waals surface area contributed by atoms with Gasteiger partial charge in [-0.25, -0.2) is 8.42 Å². The quantitative estimate of drug-likeness (QED) is 0.696. The molecule has 3 N–H and O–H groups in total. The van der Waals surface area contributed by atoms with E-state index in [1.807, 2.05) is 0 Å². The molecule has 1 aliphatic rings. The number of para-hydroxylation sites is 2. The van der Waals surface area contributed by atoms with Crippen molar-refractivity contribution in [3.8, 4) is 0 Å². The van der Waals surface area contributed by atoms with Crippen LogP contribution in [0.2, 0.25) is 0 Å². The van der Waals surface area contributed by atoms with E-state index in [-0.39, 0.29) is 10.8 Å². The molecule has 0 aliphatic carbocycles. The van der Waals surface area contributed by atoms with Crippen molar-refractivity contribution in [2.45, 2.75) is 24.2 Å². The minimum Gasteiger partial charge on any atom is -0.324 e. The van der Waals surface area contributed by atoms with Crippen molar-refractivity contribution in [2.75, 3.05) is 23.1 Å². The number of nitrogens with one attached hydrogen (secondary N) is 3. The second-order valence-corrected chi connectivity index (χ2v) is 8.09. The van der Waals surface area contributed by atoms with Gasteiger partial charge in [-0.3, -0.25) is 9.52 Å². The molecule has 0 radical (unpaired) electrons. The average molecular weight is 373 g/mol. The maximum Gasteiger partial charge on any atom is 0.261 e. The van der Waals surface area contributed by atoms with Crippen LogP contribution in [0, 0.1) is 5.92 Å². The smallest absolute Gasteiger partial charge is 0.261 e. The summed E-state index contributed by atoms with van der Waals surface area (Å²) in [5.41, 5.74) is 0.814. The fourth-order valence-electron chi connectivity index (χ4n) is 2.99. The fourth-order valence-corrected chi connectivity index (χ4v) is 4.09. The van der Waals surface area contributed by atoms with Gasteiger partial charge in [-0.05, 0) is 56.1 Å². The van der Waals surface area contributed by atoms with Crippen molar-refractivity contribution in [2.24, 2.45) is 5.92 Å². The Morgan fingerprint density at radius 1 is 1.04 bits per heavy atom. The molecule has 0 spiro atoms. The van der Waals surface area contributed by atoms with E-state index < -0.39 is 10.0 Å². The number of anilines is 2. The van der Waals surface area contributed by atoms with Gasteiger partial charge in [0.1, 0.15) is 0 Å². The Bertz CT molecular complexity index is 847. The van der Waals surface area contributed by atoms with E-state index in [1.54, 1.807) is 42.5 Å². The molecule has 0 saturated carbocycles. The van der Waals surface area contributed by atoms with Crippen LogP contribution < -0.4 is 15.4 Å². The van der Waals surface area contributed by atoms with Gasteiger partial charge in [0.05, 0.1) is 16.3 Å². The van der Waals surface area contributed by atoms with Crippen molar-refractivity contribution in [1.29, 1.82) is 0 Å². The molecule has 138 valence electrons. The maximum atomic E-state index is 12.5. The molecular formula is C19H23N3O3S. The first-order valence-electron chi connectivity index (χ1n) is 8.72. The van der Waals surface area contributed by atoms with Gasteiger partial charge < -0.3 is 10.6 Å². The molecule has 1 aliphatic heterocycles. The summed E-state index contributed by atoms with van der Waals surface area (Å²) in [7, 11) is -3.71. The van der Waals surface area contributed by atoms with E-state index in [1.165, 1.54) is 12.1 Å². The van der Waals surface area contributed by atoms with Crippen molar-refractivity contribution >= 4 is 27.3 Å². The summed E-state index contributed by atoms with van der Waals surface area (Å²) in [6, 6.07) is 15.0. The van der Waals surface area contributed by atoms with Crippen LogP contribution in [0.15, 0.2) is 59.5 Å². The van der Waals surface area contributed by atoms with E-state index in [4.69, 9.17) is 0 Å². The predicted octanol–water partition coefficient (Wildman–Crippen LogP) is 2.82. The lowest BCUT2D eigenvalue weighted by Gasteiger charge is -2.14. The Labute approximate surface area is 154 Å². The molecule has 1 heterocycles. The molecule has 7 heteroatoms. The van der Waals surface area contributed by atoms with Gasteiger partial charge in [0.15, 0.2) is 0 Å². The normalized spacial score (nSPS) is 17.0. The third-order valence-corrected chi connectivity index (χ3v) is 5.82. The Hall–Kier alpha value is -2.38.